The van der Waals surface area contributed by atoms with Crippen LogP contribution in [0, 0.1) is 0 Å². The largest absolute Gasteiger partial charge is 0.143 e. The van der Waals surface area contributed by atoms with Crippen molar-refractivity contribution in [3.8, 4) is 0 Å². The van der Waals surface area contributed by atoms with E-state index < -0.39 is 0 Å². The molecule has 15 heavy (non-hydrogen) atoms. The third kappa shape index (κ3) is 5.78. The van der Waals surface area contributed by atoms with Gasteiger partial charge in [-0.3, -0.25) is 0 Å². The number of thiol groups is 2. The van der Waals surface area contributed by atoms with E-state index in [1.165, 1.54) is 0 Å². The maximum Gasteiger partial charge on any atom is 0.0405 e. The molecular weight excluding hydrogens is 244 g/mol. The van der Waals surface area contributed by atoms with Crippen molar-refractivity contribution in [1.29, 1.82) is 0 Å². The van der Waals surface area contributed by atoms with Crippen molar-refractivity contribution < 1.29 is 0 Å². The predicted octanol–water partition coefficient (Wildman–Crippen LogP) is 4.60. The molecule has 0 radical (unpaired) electrons. The Morgan fingerprint density at radius 1 is 0.667 bits per heavy atom. The second-order valence-electron chi connectivity index (χ2n) is 2.81. The van der Waals surface area contributed by atoms with Gasteiger partial charge in [0.1, 0.15) is 0 Å². The topological polar surface area (TPSA) is 0 Å². The fourth-order valence-electron chi connectivity index (χ4n) is 0.867. The Morgan fingerprint density at radius 3 is 1.33 bits per heavy atom. The molecule has 78 valence electrons. The molecule has 0 N–H and O–H groups in total. The zero-order valence-corrected chi connectivity index (χ0v) is 10.5. The lowest BCUT2D eigenvalue weighted by Crippen LogP contribution is -1.63. The molecule has 0 spiro atoms. The Morgan fingerprint density at radius 2 is 1.07 bits per heavy atom. The zero-order chi connectivity index (χ0) is 11.1. The molecule has 0 aromatic heterocycles. The van der Waals surface area contributed by atoms with Crippen LogP contribution in [0.15, 0.2) is 64.4 Å². The summed E-state index contributed by atoms with van der Waals surface area (Å²) >= 11 is 13.7. The van der Waals surface area contributed by atoms with Crippen molar-refractivity contribution in [1.82, 2.24) is 0 Å². The fraction of sp³-hybridized carbons (Fsp3) is 0. The lowest BCUT2D eigenvalue weighted by Gasteiger charge is -1.88. The Kier molecular flexibility index (Phi) is 5.69. The van der Waals surface area contributed by atoms with Crippen molar-refractivity contribution in [2.24, 2.45) is 0 Å². The third-order valence-corrected chi connectivity index (χ3v) is 2.43. The summed E-state index contributed by atoms with van der Waals surface area (Å²) in [6, 6.07) is 17.1. The monoisotopic (exact) mass is 254 g/mol. The second-order valence-corrected chi connectivity index (χ2v) is 4.28. The summed E-state index contributed by atoms with van der Waals surface area (Å²) in [4.78, 5) is 1.95. The maximum atomic E-state index is 5.54. The predicted molar refractivity (Wildman–Crippen MR) is 72.4 cm³/mol. The van der Waals surface area contributed by atoms with E-state index in [0.717, 1.165) is 14.8 Å². The van der Waals surface area contributed by atoms with Crippen LogP contribution in [0.5, 0.6) is 0 Å². The smallest absolute Gasteiger partial charge is 0.0405 e. The van der Waals surface area contributed by atoms with Gasteiger partial charge in [0, 0.05) is 14.8 Å². The first-order valence-electron chi connectivity index (χ1n) is 4.37. The zero-order valence-electron chi connectivity index (χ0n) is 7.97. The van der Waals surface area contributed by atoms with Crippen molar-refractivity contribution >= 4 is 36.9 Å². The number of halogens is 1. The summed E-state index contributed by atoms with van der Waals surface area (Å²) in [5.41, 5.74) is 0. The van der Waals surface area contributed by atoms with Crippen molar-refractivity contribution in [2.45, 2.75) is 9.79 Å². The molecule has 0 amide bonds. The summed E-state index contributed by atoms with van der Waals surface area (Å²) in [5, 5.41) is 0.794. The first-order valence-corrected chi connectivity index (χ1v) is 5.64. The number of hydrogen-bond acceptors (Lipinski definition) is 2. The molecule has 0 fully saturated rings. The molecule has 0 bridgehead atoms. The molecule has 0 nitrogen and oxygen atoms in total. The molecule has 0 saturated carbocycles. The van der Waals surface area contributed by atoms with Crippen LogP contribution >= 0.6 is 36.9 Å². The van der Waals surface area contributed by atoms with E-state index in [0.29, 0.717) is 0 Å². The molecule has 2 rings (SSSR count). The molecule has 0 unspecified atom stereocenters. The quantitative estimate of drug-likeness (QED) is 0.631. The molecule has 0 saturated heterocycles. The Hall–Kier alpha value is -0.570. The minimum absolute atomic E-state index is 0.794. The second kappa shape index (κ2) is 6.83. The fourth-order valence-corrected chi connectivity index (χ4v) is 1.31. The number of rotatable bonds is 0. The average molecular weight is 255 g/mol. The molecule has 0 atom stereocenters. The van der Waals surface area contributed by atoms with Gasteiger partial charge in [0.15, 0.2) is 0 Å². The highest BCUT2D eigenvalue weighted by atomic mass is 35.5. The molecule has 0 heterocycles. The molecule has 3 heteroatoms. The lowest BCUT2D eigenvalue weighted by molar-refractivity contribution is 1.37. The molecular formula is C12H11ClS2. The van der Waals surface area contributed by atoms with E-state index in [-0.39, 0.29) is 0 Å². The van der Waals surface area contributed by atoms with Crippen molar-refractivity contribution in [3.05, 3.63) is 59.6 Å². The minimum Gasteiger partial charge on any atom is -0.143 e. The highest BCUT2D eigenvalue weighted by molar-refractivity contribution is 7.80. The minimum atomic E-state index is 0.794. The Labute approximate surface area is 106 Å². The van der Waals surface area contributed by atoms with E-state index >= 15 is 0 Å². The van der Waals surface area contributed by atoms with Gasteiger partial charge in [-0.25, -0.2) is 0 Å². The number of hydrogen-bond donors (Lipinski definition) is 2. The van der Waals surface area contributed by atoms with Gasteiger partial charge in [-0.05, 0) is 36.4 Å². The van der Waals surface area contributed by atoms with E-state index in [4.69, 9.17) is 11.6 Å². The molecule has 2 aromatic rings. The maximum absolute atomic E-state index is 5.54. The van der Waals surface area contributed by atoms with E-state index in [1.54, 1.807) is 0 Å². The van der Waals surface area contributed by atoms with Crippen LogP contribution in [0.3, 0.4) is 0 Å². The van der Waals surface area contributed by atoms with Crippen molar-refractivity contribution in [2.75, 3.05) is 0 Å². The van der Waals surface area contributed by atoms with Crippen LogP contribution in [0.2, 0.25) is 5.02 Å². The third-order valence-electron chi connectivity index (χ3n) is 1.58. The van der Waals surface area contributed by atoms with Crippen LogP contribution in [0.4, 0.5) is 0 Å². The molecule has 2 aromatic carbocycles. The van der Waals surface area contributed by atoms with Crippen LogP contribution < -0.4 is 0 Å². The van der Waals surface area contributed by atoms with Crippen LogP contribution in [0.25, 0.3) is 0 Å². The summed E-state index contributed by atoms with van der Waals surface area (Å²) in [6.45, 7) is 0. The van der Waals surface area contributed by atoms with Crippen molar-refractivity contribution in [3.63, 3.8) is 0 Å². The van der Waals surface area contributed by atoms with Gasteiger partial charge in [0.25, 0.3) is 0 Å². The first-order chi connectivity index (χ1) is 7.18. The lowest BCUT2D eigenvalue weighted by atomic mass is 10.4. The summed E-state index contributed by atoms with van der Waals surface area (Å²) in [6.07, 6.45) is 0. The van der Waals surface area contributed by atoms with E-state index in [1.807, 2.05) is 54.6 Å². The molecule has 0 aliphatic carbocycles. The van der Waals surface area contributed by atoms with Gasteiger partial charge in [0.05, 0.1) is 0 Å². The Bertz CT molecular complexity index is 363. The normalized spacial score (nSPS) is 9.00. The van der Waals surface area contributed by atoms with Gasteiger partial charge >= 0.3 is 0 Å². The van der Waals surface area contributed by atoms with Gasteiger partial charge in [-0.2, -0.15) is 0 Å². The van der Waals surface area contributed by atoms with Gasteiger partial charge < -0.3 is 0 Å². The first kappa shape index (κ1) is 12.5. The molecule has 0 aliphatic rings. The molecule has 0 aliphatic heterocycles. The number of benzene rings is 2. The van der Waals surface area contributed by atoms with Crippen LogP contribution in [0.1, 0.15) is 0 Å². The van der Waals surface area contributed by atoms with Gasteiger partial charge in [-0.15, -0.1) is 25.3 Å². The summed E-state index contributed by atoms with van der Waals surface area (Å²) in [7, 11) is 0. The van der Waals surface area contributed by atoms with E-state index in [9.17, 15) is 0 Å². The average Bonchev–Trinajstić information content (AvgIpc) is 2.25. The van der Waals surface area contributed by atoms with Crippen LogP contribution in [-0.4, -0.2) is 0 Å². The van der Waals surface area contributed by atoms with Gasteiger partial charge in [0.2, 0.25) is 0 Å². The standard InChI is InChI=1S/C6H5Cl.C6H6S2/c7-6-4-2-1-3-5-6;7-5-1-2-6(8)4-3-5/h1-5H;1-4,7-8H. The van der Waals surface area contributed by atoms with Gasteiger partial charge in [-0.1, -0.05) is 29.8 Å². The van der Waals surface area contributed by atoms with Crippen LogP contribution in [-0.2, 0) is 0 Å². The van der Waals surface area contributed by atoms with E-state index in [2.05, 4.69) is 25.3 Å². The highest BCUT2D eigenvalue weighted by Crippen LogP contribution is 2.09. The summed E-state index contributed by atoms with van der Waals surface area (Å²) in [5.74, 6) is 0. The Balaban J connectivity index is 0.000000151. The summed E-state index contributed by atoms with van der Waals surface area (Å²) < 4.78 is 0. The highest BCUT2D eigenvalue weighted by Gasteiger charge is 1.81. The SMILES string of the molecule is Clc1ccccc1.Sc1ccc(S)cc1.